The molecule has 1 atom stereocenters. The molecule has 0 aliphatic carbocycles. The molecule has 3 rings (SSSR count). The molecule has 21 heavy (non-hydrogen) atoms. The lowest BCUT2D eigenvalue weighted by Gasteiger charge is -2.36. The highest BCUT2D eigenvalue weighted by Crippen LogP contribution is 2.38. The van der Waals surface area contributed by atoms with Crippen LogP contribution in [0.4, 0.5) is 24.7 Å². The molecule has 4 nitrogen and oxygen atoms in total. The number of hydrogen-bond donors (Lipinski definition) is 1. The van der Waals surface area contributed by atoms with E-state index in [4.69, 9.17) is 0 Å². The molecule has 0 amide bonds. The maximum atomic E-state index is 12.9. The molecule has 0 saturated carbocycles. The van der Waals surface area contributed by atoms with Crippen molar-refractivity contribution in [3.05, 3.63) is 17.8 Å². The molecule has 2 aliphatic rings. The van der Waals surface area contributed by atoms with Crippen LogP contribution in [-0.4, -0.2) is 43.7 Å². The second kappa shape index (κ2) is 5.36. The Morgan fingerprint density at radius 2 is 2.19 bits per heavy atom. The Morgan fingerprint density at radius 3 is 2.90 bits per heavy atom. The highest BCUT2D eigenvalue weighted by Gasteiger charge is 2.35. The molecule has 1 saturated heterocycles. The van der Waals surface area contributed by atoms with Crippen LogP contribution >= 0.6 is 0 Å². The smallest absolute Gasteiger partial charge is 0.369 e. The van der Waals surface area contributed by atoms with Gasteiger partial charge in [0, 0.05) is 45.0 Å². The Balaban J connectivity index is 2.06. The Bertz CT molecular complexity index is 517. The maximum absolute atomic E-state index is 12.9. The van der Waals surface area contributed by atoms with Gasteiger partial charge in [0.05, 0.1) is 11.3 Å². The number of nitrogens with one attached hydrogen (secondary N) is 1. The average molecular weight is 300 g/mol. The van der Waals surface area contributed by atoms with E-state index in [0.717, 1.165) is 38.8 Å². The summed E-state index contributed by atoms with van der Waals surface area (Å²) in [7, 11) is 0. The first-order valence-electron chi connectivity index (χ1n) is 7.30. The Kier molecular flexibility index (Phi) is 3.69. The monoisotopic (exact) mass is 300 g/mol. The second-order valence-electron chi connectivity index (χ2n) is 5.48. The van der Waals surface area contributed by atoms with Gasteiger partial charge in [0.25, 0.3) is 0 Å². The molecule has 0 unspecified atom stereocenters. The van der Waals surface area contributed by atoms with Crippen molar-refractivity contribution < 1.29 is 13.2 Å². The molecular formula is C14H19F3N4. The second-order valence-corrected chi connectivity index (χ2v) is 5.48. The van der Waals surface area contributed by atoms with Crippen molar-refractivity contribution in [1.82, 2.24) is 10.3 Å². The van der Waals surface area contributed by atoms with E-state index in [1.54, 1.807) is 0 Å². The molecular weight excluding hydrogens is 281 g/mol. The highest BCUT2D eigenvalue weighted by atomic mass is 19.4. The molecule has 7 heteroatoms. The number of rotatable bonds is 1. The standard InChI is InChI=1S/C14H19F3N4/c1-2-20-5-3-11-9-18-4-6-21(11)13-12(20)7-10(8-19-13)14(15,16)17/h7-8,11,18H,2-6,9H2,1H3/t11-/m1/s1. The molecule has 0 radical (unpaired) electrons. The van der Waals surface area contributed by atoms with Gasteiger partial charge in [0.2, 0.25) is 0 Å². The lowest BCUT2D eigenvalue weighted by molar-refractivity contribution is -0.137. The Morgan fingerprint density at radius 1 is 1.38 bits per heavy atom. The van der Waals surface area contributed by atoms with Crippen LogP contribution in [0.1, 0.15) is 18.9 Å². The molecule has 1 aromatic heterocycles. The Hall–Kier alpha value is -1.50. The quantitative estimate of drug-likeness (QED) is 0.861. The first kappa shape index (κ1) is 14.4. The van der Waals surface area contributed by atoms with Crippen molar-refractivity contribution in [2.45, 2.75) is 25.6 Å². The summed E-state index contributed by atoms with van der Waals surface area (Å²) in [5.74, 6) is 0.689. The predicted molar refractivity (Wildman–Crippen MR) is 75.7 cm³/mol. The first-order chi connectivity index (χ1) is 10.0. The fourth-order valence-electron chi connectivity index (χ4n) is 3.11. The van der Waals surface area contributed by atoms with Gasteiger partial charge in [-0.2, -0.15) is 13.2 Å². The number of alkyl halides is 3. The third-order valence-electron chi connectivity index (χ3n) is 4.25. The lowest BCUT2D eigenvalue weighted by atomic mass is 10.1. The minimum atomic E-state index is -4.35. The van der Waals surface area contributed by atoms with E-state index in [2.05, 4.69) is 15.2 Å². The Labute approximate surface area is 121 Å². The molecule has 1 fully saturated rings. The summed E-state index contributed by atoms with van der Waals surface area (Å²) in [5.41, 5.74) is -0.0648. The summed E-state index contributed by atoms with van der Waals surface area (Å²) in [6.07, 6.45) is -2.47. The van der Waals surface area contributed by atoms with Crippen LogP contribution in [0.5, 0.6) is 0 Å². The first-order valence-corrected chi connectivity index (χ1v) is 7.30. The SMILES string of the molecule is CCN1CC[C@@H]2CNCCN2c2ncc(C(F)(F)F)cc21. The summed E-state index contributed by atoms with van der Waals surface area (Å²) in [6.45, 7) is 5.89. The van der Waals surface area contributed by atoms with E-state index in [-0.39, 0.29) is 0 Å². The van der Waals surface area contributed by atoms with Crippen molar-refractivity contribution in [2.75, 3.05) is 42.5 Å². The van der Waals surface area contributed by atoms with Gasteiger partial charge in [-0.15, -0.1) is 0 Å². The third kappa shape index (κ3) is 2.66. The van der Waals surface area contributed by atoms with Crippen LogP contribution in [0, 0.1) is 0 Å². The molecule has 0 bridgehead atoms. The van der Waals surface area contributed by atoms with Gasteiger partial charge in [-0.1, -0.05) is 0 Å². The number of nitrogens with zero attached hydrogens (tertiary/aromatic N) is 3. The highest BCUT2D eigenvalue weighted by molar-refractivity contribution is 5.69. The minimum Gasteiger partial charge on any atom is -0.369 e. The van der Waals surface area contributed by atoms with Crippen molar-refractivity contribution in [3.8, 4) is 0 Å². The zero-order chi connectivity index (χ0) is 15.0. The fourth-order valence-corrected chi connectivity index (χ4v) is 3.11. The number of hydrogen-bond acceptors (Lipinski definition) is 4. The van der Waals surface area contributed by atoms with Crippen molar-refractivity contribution in [1.29, 1.82) is 0 Å². The van der Waals surface area contributed by atoms with Gasteiger partial charge in [0.15, 0.2) is 5.82 Å². The number of piperazine rings is 1. The zero-order valence-corrected chi connectivity index (χ0v) is 12.0. The summed E-state index contributed by atoms with van der Waals surface area (Å²) in [6, 6.07) is 1.55. The maximum Gasteiger partial charge on any atom is 0.417 e. The van der Waals surface area contributed by atoms with E-state index < -0.39 is 11.7 Å². The molecule has 0 spiro atoms. The topological polar surface area (TPSA) is 31.4 Å². The van der Waals surface area contributed by atoms with Gasteiger partial charge in [-0.05, 0) is 19.4 Å². The average Bonchev–Trinajstić information content (AvgIpc) is 2.62. The van der Waals surface area contributed by atoms with Crippen LogP contribution in [-0.2, 0) is 6.18 Å². The normalized spacial score (nSPS) is 22.6. The molecule has 116 valence electrons. The van der Waals surface area contributed by atoms with E-state index in [1.807, 2.05) is 11.8 Å². The van der Waals surface area contributed by atoms with E-state index in [1.165, 1.54) is 6.07 Å². The van der Waals surface area contributed by atoms with Crippen LogP contribution in [0.25, 0.3) is 0 Å². The largest absolute Gasteiger partial charge is 0.417 e. The van der Waals surface area contributed by atoms with Crippen LogP contribution < -0.4 is 15.1 Å². The molecule has 2 aliphatic heterocycles. The van der Waals surface area contributed by atoms with Gasteiger partial charge < -0.3 is 15.1 Å². The zero-order valence-electron chi connectivity index (χ0n) is 12.0. The number of pyridine rings is 1. The van der Waals surface area contributed by atoms with Crippen LogP contribution in [0.3, 0.4) is 0 Å². The van der Waals surface area contributed by atoms with E-state index >= 15 is 0 Å². The minimum absolute atomic E-state index is 0.304. The van der Waals surface area contributed by atoms with E-state index in [0.29, 0.717) is 24.1 Å². The summed E-state index contributed by atoms with van der Waals surface area (Å²) in [4.78, 5) is 8.32. The third-order valence-corrected chi connectivity index (χ3v) is 4.25. The van der Waals surface area contributed by atoms with Gasteiger partial charge in [-0.3, -0.25) is 0 Å². The molecule has 1 aromatic rings. The summed E-state index contributed by atoms with van der Waals surface area (Å²) < 4.78 is 38.8. The lowest BCUT2D eigenvalue weighted by Crippen LogP contribution is -2.51. The van der Waals surface area contributed by atoms with E-state index in [9.17, 15) is 13.2 Å². The molecule has 1 N–H and O–H groups in total. The van der Waals surface area contributed by atoms with Crippen molar-refractivity contribution in [3.63, 3.8) is 0 Å². The van der Waals surface area contributed by atoms with Crippen LogP contribution in [0.2, 0.25) is 0 Å². The van der Waals surface area contributed by atoms with Gasteiger partial charge in [0.1, 0.15) is 0 Å². The number of halogens is 3. The van der Waals surface area contributed by atoms with Crippen molar-refractivity contribution in [2.24, 2.45) is 0 Å². The van der Waals surface area contributed by atoms with Gasteiger partial charge >= 0.3 is 6.18 Å². The summed E-state index contributed by atoms with van der Waals surface area (Å²) in [5, 5.41) is 3.34. The molecule has 3 heterocycles. The van der Waals surface area contributed by atoms with Gasteiger partial charge in [-0.25, -0.2) is 4.98 Å². The van der Waals surface area contributed by atoms with Crippen LogP contribution in [0.15, 0.2) is 12.3 Å². The number of aromatic nitrogens is 1. The molecule has 0 aromatic carbocycles. The number of fused-ring (bicyclic) bond motifs is 3. The summed E-state index contributed by atoms with van der Waals surface area (Å²) >= 11 is 0. The number of anilines is 2. The predicted octanol–water partition coefficient (Wildman–Crippen LogP) is 2.11. The fraction of sp³-hybridized carbons (Fsp3) is 0.643. The van der Waals surface area contributed by atoms with Crippen molar-refractivity contribution >= 4 is 11.5 Å².